The van der Waals surface area contributed by atoms with Gasteiger partial charge in [-0.25, -0.2) is 8.42 Å². The van der Waals surface area contributed by atoms with Crippen LogP contribution in [0.5, 0.6) is 0 Å². The molecule has 6 nitrogen and oxygen atoms in total. The SMILES string of the molecule is CC[C@H](NC(=S)Nc1ccc(C(=O)N(C)C)cc1)c1ccc(S(C)(=O)=O)cc1. The molecule has 150 valence electrons. The lowest BCUT2D eigenvalue weighted by molar-refractivity contribution is 0.0827. The second kappa shape index (κ2) is 9.16. The minimum absolute atomic E-state index is 0.0526. The van der Waals surface area contributed by atoms with E-state index in [4.69, 9.17) is 12.2 Å². The maximum Gasteiger partial charge on any atom is 0.253 e. The van der Waals surface area contributed by atoms with E-state index in [0.717, 1.165) is 17.7 Å². The molecule has 0 saturated carbocycles. The van der Waals surface area contributed by atoms with Crippen molar-refractivity contribution in [2.45, 2.75) is 24.3 Å². The predicted molar refractivity (Wildman–Crippen MR) is 116 cm³/mol. The van der Waals surface area contributed by atoms with Crippen molar-refractivity contribution in [1.82, 2.24) is 10.2 Å². The van der Waals surface area contributed by atoms with E-state index < -0.39 is 9.84 Å². The molecule has 0 heterocycles. The van der Waals surface area contributed by atoms with Crippen LogP contribution < -0.4 is 10.6 Å². The number of thiocarbonyl (C=S) groups is 1. The van der Waals surface area contributed by atoms with Crippen molar-refractivity contribution in [1.29, 1.82) is 0 Å². The standard InChI is InChI=1S/C20H25N3O3S2/c1-5-18(14-8-12-17(13-9-14)28(4,25)26)22-20(27)21-16-10-6-15(7-11-16)19(24)23(2)3/h6-13,18H,5H2,1-4H3,(H2,21,22,27)/t18-/m0/s1. The zero-order valence-electron chi connectivity index (χ0n) is 16.4. The summed E-state index contributed by atoms with van der Waals surface area (Å²) in [7, 11) is 0.202. The fraction of sp³-hybridized carbons (Fsp3) is 0.300. The lowest BCUT2D eigenvalue weighted by Crippen LogP contribution is -2.32. The summed E-state index contributed by atoms with van der Waals surface area (Å²) in [6.45, 7) is 2.02. The highest BCUT2D eigenvalue weighted by Gasteiger charge is 2.13. The van der Waals surface area contributed by atoms with Gasteiger partial charge >= 0.3 is 0 Å². The minimum atomic E-state index is -3.22. The van der Waals surface area contributed by atoms with Gasteiger partial charge in [-0.05, 0) is 60.6 Å². The Kier molecular flexibility index (Phi) is 7.15. The molecule has 2 aromatic carbocycles. The fourth-order valence-electron chi connectivity index (χ4n) is 2.65. The summed E-state index contributed by atoms with van der Waals surface area (Å²) in [5, 5.41) is 6.80. The summed E-state index contributed by atoms with van der Waals surface area (Å²) in [6.07, 6.45) is 1.96. The third-order valence-corrected chi connectivity index (χ3v) is 5.57. The number of nitrogens with zero attached hydrogens (tertiary/aromatic N) is 1. The first kappa shape index (κ1) is 21.8. The zero-order chi connectivity index (χ0) is 20.9. The van der Waals surface area contributed by atoms with Crippen molar-refractivity contribution >= 4 is 38.8 Å². The summed E-state index contributed by atoms with van der Waals surface area (Å²) in [5.74, 6) is -0.0594. The molecule has 0 aromatic heterocycles. The van der Waals surface area contributed by atoms with Gasteiger partial charge in [-0.1, -0.05) is 19.1 Å². The van der Waals surface area contributed by atoms with Crippen LogP contribution in [-0.2, 0) is 9.84 Å². The Morgan fingerprint density at radius 2 is 1.64 bits per heavy atom. The van der Waals surface area contributed by atoms with Gasteiger partial charge in [0.15, 0.2) is 14.9 Å². The van der Waals surface area contributed by atoms with E-state index in [1.54, 1.807) is 62.6 Å². The molecular formula is C20H25N3O3S2. The quantitative estimate of drug-likeness (QED) is 0.700. The summed E-state index contributed by atoms with van der Waals surface area (Å²) < 4.78 is 23.2. The van der Waals surface area contributed by atoms with Crippen LogP contribution >= 0.6 is 12.2 Å². The lowest BCUT2D eigenvalue weighted by atomic mass is 10.1. The number of hydrogen-bond acceptors (Lipinski definition) is 4. The van der Waals surface area contributed by atoms with Crippen molar-refractivity contribution in [3.63, 3.8) is 0 Å². The number of anilines is 1. The molecule has 2 rings (SSSR count). The minimum Gasteiger partial charge on any atom is -0.356 e. The van der Waals surface area contributed by atoms with E-state index in [1.165, 1.54) is 11.2 Å². The average Bonchev–Trinajstić information content (AvgIpc) is 2.65. The first-order chi connectivity index (χ1) is 13.1. The Morgan fingerprint density at radius 1 is 1.07 bits per heavy atom. The molecule has 0 bridgehead atoms. The molecule has 1 atom stereocenters. The molecule has 8 heteroatoms. The third kappa shape index (κ3) is 5.77. The van der Waals surface area contributed by atoms with Crippen LogP contribution in [0.25, 0.3) is 0 Å². The lowest BCUT2D eigenvalue weighted by Gasteiger charge is -2.20. The molecular weight excluding hydrogens is 394 g/mol. The molecule has 1 amide bonds. The smallest absolute Gasteiger partial charge is 0.253 e. The third-order valence-electron chi connectivity index (χ3n) is 4.22. The van der Waals surface area contributed by atoms with Gasteiger partial charge in [-0.15, -0.1) is 0 Å². The monoisotopic (exact) mass is 419 g/mol. The van der Waals surface area contributed by atoms with Crippen molar-refractivity contribution in [2.75, 3.05) is 25.7 Å². The molecule has 0 unspecified atom stereocenters. The Morgan fingerprint density at radius 3 is 2.11 bits per heavy atom. The number of benzene rings is 2. The molecule has 2 N–H and O–H groups in total. The molecule has 0 radical (unpaired) electrons. The van der Waals surface area contributed by atoms with Crippen LogP contribution in [-0.4, -0.2) is 44.7 Å². The number of rotatable bonds is 6. The number of nitrogens with one attached hydrogen (secondary N) is 2. The molecule has 0 aliphatic carbocycles. The van der Waals surface area contributed by atoms with Gasteiger partial charge in [0, 0.05) is 31.6 Å². The maximum atomic E-state index is 11.9. The fourth-order valence-corrected chi connectivity index (χ4v) is 3.54. The number of amides is 1. The second-order valence-electron chi connectivity index (χ2n) is 6.68. The summed E-state index contributed by atoms with van der Waals surface area (Å²) in [5.41, 5.74) is 2.33. The molecule has 0 spiro atoms. The molecule has 0 fully saturated rings. The zero-order valence-corrected chi connectivity index (χ0v) is 18.0. The van der Waals surface area contributed by atoms with E-state index in [0.29, 0.717) is 15.6 Å². The normalized spacial score (nSPS) is 12.1. The highest BCUT2D eigenvalue weighted by atomic mass is 32.2. The molecule has 2 aromatic rings. The highest BCUT2D eigenvalue weighted by Crippen LogP contribution is 2.20. The van der Waals surface area contributed by atoms with E-state index in [1.807, 2.05) is 6.92 Å². The predicted octanol–water partition coefficient (Wildman–Crippen LogP) is 3.23. The highest BCUT2D eigenvalue weighted by molar-refractivity contribution is 7.90. The summed E-state index contributed by atoms with van der Waals surface area (Å²) in [6, 6.07) is 13.8. The molecule has 28 heavy (non-hydrogen) atoms. The number of carbonyl (C=O) groups excluding carboxylic acids is 1. The topological polar surface area (TPSA) is 78.5 Å². The largest absolute Gasteiger partial charge is 0.356 e. The summed E-state index contributed by atoms with van der Waals surface area (Å²) in [4.78, 5) is 13.7. The molecule has 0 aliphatic rings. The van der Waals surface area contributed by atoms with Gasteiger partial charge in [0.1, 0.15) is 0 Å². The Balaban J connectivity index is 2.03. The van der Waals surface area contributed by atoms with Crippen LogP contribution in [0.4, 0.5) is 5.69 Å². The van der Waals surface area contributed by atoms with Gasteiger partial charge in [0.2, 0.25) is 0 Å². The second-order valence-corrected chi connectivity index (χ2v) is 9.10. The van der Waals surface area contributed by atoms with Crippen LogP contribution in [0.3, 0.4) is 0 Å². The number of hydrogen-bond donors (Lipinski definition) is 2. The van der Waals surface area contributed by atoms with Gasteiger partial charge in [-0.2, -0.15) is 0 Å². The Hall–Kier alpha value is -2.45. The molecule has 0 saturated heterocycles. The van der Waals surface area contributed by atoms with Gasteiger partial charge < -0.3 is 15.5 Å². The Bertz CT molecular complexity index is 938. The number of carbonyl (C=O) groups is 1. The first-order valence-electron chi connectivity index (χ1n) is 8.81. The van der Waals surface area contributed by atoms with Gasteiger partial charge in [0.25, 0.3) is 5.91 Å². The summed E-state index contributed by atoms with van der Waals surface area (Å²) >= 11 is 5.40. The van der Waals surface area contributed by atoms with E-state index >= 15 is 0 Å². The average molecular weight is 420 g/mol. The number of sulfone groups is 1. The Labute approximate surface area is 171 Å². The maximum absolute atomic E-state index is 11.9. The van der Waals surface area contributed by atoms with Crippen molar-refractivity contribution in [2.24, 2.45) is 0 Å². The van der Waals surface area contributed by atoms with E-state index in [2.05, 4.69) is 10.6 Å². The van der Waals surface area contributed by atoms with Crippen LogP contribution in [0.2, 0.25) is 0 Å². The van der Waals surface area contributed by atoms with Crippen molar-refractivity contribution in [3.8, 4) is 0 Å². The van der Waals surface area contributed by atoms with Gasteiger partial charge in [-0.3, -0.25) is 4.79 Å². The first-order valence-corrected chi connectivity index (χ1v) is 11.1. The van der Waals surface area contributed by atoms with Crippen LogP contribution in [0.15, 0.2) is 53.4 Å². The van der Waals surface area contributed by atoms with Crippen LogP contribution in [0, 0.1) is 0 Å². The van der Waals surface area contributed by atoms with Crippen molar-refractivity contribution < 1.29 is 13.2 Å². The van der Waals surface area contributed by atoms with E-state index in [9.17, 15) is 13.2 Å². The molecule has 0 aliphatic heterocycles. The van der Waals surface area contributed by atoms with Gasteiger partial charge in [0.05, 0.1) is 10.9 Å². The van der Waals surface area contributed by atoms with E-state index in [-0.39, 0.29) is 11.9 Å². The van der Waals surface area contributed by atoms with Crippen LogP contribution in [0.1, 0.15) is 35.3 Å². The van der Waals surface area contributed by atoms with Crippen molar-refractivity contribution in [3.05, 3.63) is 59.7 Å².